The molecule has 0 aliphatic rings. The Morgan fingerprint density at radius 1 is 1.21 bits per heavy atom. The van der Waals surface area contributed by atoms with Gasteiger partial charge in [-0.15, -0.1) is 0 Å². The second-order valence-electron chi connectivity index (χ2n) is 4.31. The molecule has 19 heavy (non-hydrogen) atoms. The van der Waals surface area contributed by atoms with Crippen molar-refractivity contribution in [2.45, 2.75) is 6.54 Å². The molecule has 0 atom stereocenters. The second-order valence-corrected chi connectivity index (χ2v) is 4.72. The number of nitrogens with two attached hydrogens (primary N) is 1. The molecule has 2 N–H and O–H groups in total. The number of benzene rings is 2. The summed E-state index contributed by atoms with van der Waals surface area (Å²) in [5, 5.41) is -0.0135. The molecule has 2 aromatic rings. The zero-order chi connectivity index (χ0) is 14.0. The van der Waals surface area contributed by atoms with Gasteiger partial charge in [-0.1, -0.05) is 23.7 Å². The summed E-state index contributed by atoms with van der Waals surface area (Å²) in [5.41, 5.74) is 7.48. The Morgan fingerprint density at radius 2 is 1.95 bits per heavy atom. The minimum absolute atomic E-state index is 0.0135. The highest BCUT2D eigenvalue weighted by molar-refractivity contribution is 6.31. The number of nitrogen functional groups attached to an aromatic ring is 1. The fourth-order valence-electron chi connectivity index (χ4n) is 1.88. The number of halogens is 3. The molecule has 0 fully saturated rings. The summed E-state index contributed by atoms with van der Waals surface area (Å²) in [4.78, 5) is 1.74. The topological polar surface area (TPSA) is 29.3 Å². The quantitative estimate of drug-likeness (QED) is 0.867. The van der Waals surface area contributed by atoms with Gasteiger partial charge in [-0.25, -0.2) is 8.78 Å². The van der Waals surface area contributed by atoms with E-state index in [9.17, 15) is 8.78 Å². The standard InChI is InChI=1S/C14H13ClF2N2/c1-19(8-9-3-2-4-10(16)5-9)14-7-12(17)11(15)6-13(14)18/h2-7H,8,18H2,1H3. The van der Waals surface area contributed by atoms with Crippen LogP contribution in [0.5, 0.6) is 0 Å². The summed E-state index contributed by atoms with van der Waals surface area (Å²) in [6.45, 7) is 0.420. The van der Waals surface area contributed by atoms with E-state index < -0.39 is 5.82 Å². The van der Waals surface area contributed by atoms with Crippen molar-refractivity contribution in [2.24, 2.45) is 0 Å². The number of hydrogen-bond donors (Lipinski definition) is 1. The third-order valence-electron chi connectivity index (χ3n) is 2.79. The summed E-state index contributed by atoms with van der Waals surface area (Å²) in [5.74, 6) is -0.835. The normalized spacial score (nSPS) is 10.5. The molecule has 2 rings (SSSR count). The number of nitrogens with zero attached hydrogens (tertiary/aromatic N) is 1. The molecule has 0 aliphatic heterocycles. The highest BCUT2D eigenvalue weighted by Gasteiger charge is 2.11. The van der Waals surface area contributed by atoms with Crippen molar-refractivity contribution in [3.8, 4) is 0 Å². The van der Waals surface area contributed by atoms with E-state index in [0.29, 0.717) is 17.9 Å². The van der Waals surface area contributed by atoms with Crippen LogP contribution in [0.15, 0.2) is 36.4 Å². The van der Waals surface area contributed by atoms with Crippen molar-refractivity contribution in [3.05, 3.63) is 58.6 Å². The molecule has 0 saturated heterocycles. The van der Waals surface area contributed by atoms with Gasteiger partial charge >= 0.3 is 0 Å². The van der Waals surface area contributed by atoms with Crippen molar-refractivity contribution in [3.63, 3.8) is 0 Å². The minimum Gasteiger partial charge on any atom is -0.397 e. The molecule has 0 radical (unpaired) electrons. The van der Waals surface area contributed by atoms with Gasteiger partial charge in [0.05, 0.1) is 16.4 Å². The van der Waals surface area contributed by atoms with E-state index in [1.807, 2.05) is 0 Å². The van der Waals surface area contributed by atoms with Crippen LogP contribution in [0.1, 0.15) is 5.56 Å². The van der Waals surface area contributed by atoms with Gasteiger partial charge in [-0.2, -0.15) is 0 Å². The molecule has 0 saturated carbocycles. The van der Waals surface area contributed by atoms with Crippen LogP contribution in [0.4, 0.5) is 20.2 Å². The fourth-order valence-corrected chi connectivity index (χ4v) is 2.05. The van der Waals surface area contributed by atoms with Gasteiger partial charge in [0.2, 0.25) is 0 Å². The Morgan fingerprint density at radius 3 is 2.63 bits per heavy atom. The van der Waals surface area contributed by atoms with Gasteiger partial charge in [-0.3, -0.25) is 0 Å². The highest BCUT2D eigenvalue weighted by atomic mass is 35.5. The number of hydrogen-bond acceptors (Lipinski definition) is 2. The molecule has 0 bridgehead atoms. The van der Waals surface area contributed by atoms with Gasteiger partial charge in [0, 0.05) is 19.7 Å². The van der Waals surface area contributed by atoms with E-state index in [1.54, 1.807) is 24.1 Å². The van der Waals surface area contributed by atoms with Gasteiger partial charge in [0.1, 0.15) is 11.6 Å². The van der Waals surface area contributed by atoms with Crippen molar-refractivity contribution < 1.29 is 8.78 Å². The molecule has 0 amide bonds. The minimum atomic E-state index is -0.531. The highest BCUT2D eigenvalue weighted by Crippen LogP contribution is 2.29. The van der Waals surface area contributed by atoms with E-state index in [4.69, 9.17) is 17.3 Å². The molecular formula is C14H13ClF2N2. The molecule has 100 valence electrons. The van der Waals surface area contributed by atoms with E-state index in [2.05, 4.69) is 0 Å². The van der Waals surface area contributed by atoms with Crippen LogP contribution >= 0.6 is 11.6 Å². The monoisotopic (exact) mass is 282 g/mol. The third-order valence-corrected chi connectivity index (χ3v) is 3.08. The first kappa shape index (κ1) is 13.6. The average Bonchev–Trinajstić information content (AvgIpc) is 2.33. The maximum atomic E-state index is 13.4. The molecule has 2 nitrogen and oxygen atoms in total. The number of rotatable bonds is 3. The third kappa shape index (κ3) is 3.15. The van der Waals surface area contributed by atoms with Crippen molar-refractivity contribution in [1.29, 1.82) is 0 Å². The van der Waals surface area contributed by atoms with Crippen LogP contribution < -0.4 is 10.6 Å². The average molecular weight is 283 g/mol. The molecule has 2 aromatic carbocycles. The first-order valence-corrected chi connectivity index (χ1v) is 6.05. The lowest BCUT2D eigenvalue weighted by molar-refractivity contribution is 0.624. The Hall–Kier alpha value is -1.81. The lowest BCUT2D eigenvalue weighted by atomic mass is 10.2. The molecule has 0 aliphatic carbocycles. The van der Waals surface area contributed by atoms with E-state index in [-0.39, 0.29) is 10.8 Å². The van der Waals surface area contributed by atoms with Gasteiger partial charge in [0.15, 0.2) is 0 Å². The molecule has 0 spiro atoms. The summed E-state index contributed by atoms with van der Waals surface area (Å²) in [7, 11) is 1.75. The summed E-state index contributed by atoms with van der Waals surface area (Å²) in [6, 6.07) is 8.87. The van der Waals surface area contributed by atoms with E-state index >= 15 is 0 Å². The van der Waals surface area contributed by atoms with Crippen molar-refractivity contribution in [2.75, 3.05) is 17.7 Å². The van der Waals surface area contributed by atoms with Crippen molar-refractivity contribution in [1.82, 2.24) is 0 Å². The zero-order valence-electron chi connectivity index (χ0n) is 10.3. The van der Waals surface area contributed by atoms with Crippen LogP contribution in [-0.4, -0.2) is 7.05 Å². The summed E-state index contributed by atoms with van der Waals surface area (Å²) < 4.78 is 26.5. The first-order valence-electron chi connectivity index (χ1n) is 5.67. The molecule has 5 heteroatoms. The smallest absolute Gasteiger partial charge is 0.144 e. The Kier molecular flexibility index (Phi) is 3.90. The Balaban J connectivity index is 2.25. The predicted molar refractivity (Wildman–Crippen MR) is 74.3 cm³/mol. The van der Waals surface area contributed by atoms with Crippen LogP contribution in [0.2, 0.25) is 5.02 Å². The van der Waals surface area contributed by atoms with E-state index in [1.165, 1.54) is 24.3 Å². The SMILES string of the molecule is CN(Cc1cccc(F)c1)c1cc(F)c(Cl)cc1N. The van der Waals surface area contributed by atoms with Gasteiger partial charge in [-0.05, 0) is 23.8 Å². The lowest BCUT2D eigenvalue weighted by Gasteiger charge is -2.21. The lowest BCUT2D eigenvalue weighted by Crippen LogP contribution is -2.18. The largest absolute Gasteiger partial charge is 0.397 e. The van der Waals surface area contributed by atoms with Gasteiger partial charge < -0.3 is 10.6 Å². The summed E-state index contributed by atoms with van der Waals surface area (Å²) >= 11 is 5.65. The first-order chi connectivity index (χ1) is 8.97. The predicted octanol–water partition coefficient (Wildman–Crippen LogP) is 3.84. The second kappa shape index (κ2) is 5.45. The van der Waals surface area contributed by atoms with Crippen molar-refractivity contribution >= 4 is 23.0 Å². The van der Waals surface area contributed by atoms with Crippen LogP contribution in [0.25, 0.3) is 0 Å². The van der Waals surface area contributed by atoms with Gasteiger partial charge in [0.25, 0.3) is 0 Å². The molecule has 0 aromatic heterocycles. The number of anilines is 2. The maximum absolute atomic E-state index is 13.4. The maximum Gasteiger partial charge on any atom is 0.144 e. The van der Waals surface area contributed by atoms with Crippen LogP contribution in [0.3, 0.4) is 0 Å². The Bertz CT molecular complexity index is 602. The molecule has 0 heterocycles. The molecule has 0 unspecified atom stereocenters. The zero-order valence-corrected chi connectivity index (χ0v) is 11.1. The summed E-state index contributed by atoms with van der Waals surface area (Å²) in [6.07, 6.45) is 0. The Labute approximate surface area is 115 Å². The molecular weight excluding hydrogens is 270 g/mol. The fraction of sp³-hybridized carbons (Fsp3) is 0.143. The van der Waals surface area contributed by atoms with E-state index in [0.717, 1.165) is 5.56 Å². The van der Waals surface area contributed by atoms with Crippen LogP contribution in [-0.2, 0) is 6.54 Å². The van der Waals surface area contributed by atoms with Crippen LogP contribution in [0, 0.1) is 11.6 Å².